The molecular formula is C17H19F3N2O5S. The van der Waals surface area contributed by atoms with Gasteiger partial charge in [-0.15, -0.1) is 0 Å². The van der Waals surface area contributed by atoms with Crippen LogP contribution in [0, 0.1) is 5.92 Å². The van der Waals surface area contributed by atoms with Crippen LogP contribution in [-0.2, 0) is 16.4 Å². The van der Waals surface area contributed by atoms with E-state index in [9.17, 15) is 26.4 Å². The average molecular weight is 420 g/mol. The first-order valence-electron chi connectivity index (χ1n) is 8.13. The van der Waals surface area contributed by atoms with Gasteiger partial charge >= 0.3 is 11.7 Å². The number of nitrogens with zero attached hydrogens (tertiary/aromatic N) is 2. The molecule has 0 fully saturated rings. The zero-order chi connectivity index (χ0) is 21.1. The predicted molar refractivity (Wildman–Crippen MR) is 94.8 cm³/mol. The van der Waals surface area contributed by atoms with Gasteiger partial charge in [-0.3, -0.25) is 4.79 Å². The van der Waals surface area contributed by atoms with Crippen molar-refractivity contribution in [3.05, 3.63) is 40.8 Å². The summed E-state index contributed by atoms with van der Waals surface area (Å²) in [5.74, 6) is -0.712. The quantitative estimate of drug-likeness (QED) is 0.735. The maximum Gasteiger partial charge on any atom is 0.408 e. The Hall–Kier alpha value is -2.40. The Balaban J connectivity index is 2.53. The Kier molecular flexibility index (Phi) is 6.50. The van der Waals surface area contributed by atoms with Crippen LogP contribution in [0.25, 0.3) is 11.1 Å². The predicted octanol–water partition coefficient (Wildman–Crippen LogP) is 1.88. The molecule has 0 aliphatic rings. The summed E-state index contributed by atoms with van der Waals surface area (Å²) in [6.07, 6.45) is -2.56. The molecule has 0 bridgehead atoms. The van der Waals surface area contributed by atoms with Crippen LogP contribution in [0.2, 0.25) is 0 Å². The van der Waals surface area contributed by atoms with Crippen molar-refractivity contribution < 1.29 is 31.4 Å². The van der Waals surface area contributed by atoms with Crippen LogP contribution in [0.1, 0.15) is 6.92 Å². The number of benzene rings is 1. The van der Waals surface area contributed by atoms with Gasteiger partial charge in [0.2, 0.25) is 0 Å². The van der Waals surface area contributed by atoms with Crippen LogP contribution >= 0.6 is 0 Å². The highest BCUT2D eigenvalue weighted by Gasteiger charge is 2.30. The fraction of sp³-hybridized carbons (Fsp3) is 0.412. The number of sulfone groups is 1. The fourth-order valence-electron chi connectivity index (χ4n) is 2.26. The van der Waals surface area contributed by atoms with Gasteiger partial charge in [0.15, 0.2) is 15.6 Å². The summed E-state index contributed by atoms with van der Waals surface area (Å²) < 4.78 is 66.8. The van der Waals surface area contributed by atoms with Crippen molar-refractivity contribution in [2.45, 2.75) is 24.5 Å². The molecule has 0 aliphatic carbocycles. The van der Waals surface area contributed by atoms with E-state index in [1.807, 2.05) is 0 Å². The van der Waals surface area contributed by atoms with E-state index in [2.05, 4.69) is 5.10 Å². The molecule has 1 aromatic heterocycles. The number of aromatic nitrogens is 2. The van der Waals surface area contributed by atoms with Crippen LogP contribution in [-0.4, -0.2) is 49.0 Å². The van der Waals surface area contributed by atoms with Crippen LogP contribution in [0.5, 0.6) is 5.75 Å². The minimum atomic E-state index is -4.65. The second-order valence-corrected chi connectivity index (χ2v) is 8.38. The molecule has 2 aromatic rings. The number of aliphatic hydroxyl groups is 1. The van der Waals surface area contributed by atoms with Crippen molar-refractivity contribution >= 4 is 9.84 Å². The summed E-state index contributed by atoms with van der Waals surface area (Å²) in [5.41, 5.74) is -0.608. The molecule has 28 heavy (non-hydrogen) atoms. The molecule has 1 aromatic carbocycles. The summed E-state index contributed by atoms with van der Waals surface area (Å²) >= 11 is 0. The van der Waals surface area contributed by atoms with Crippen molar-refractivity contribution in [2.75, 3.05) is 19.5 Å². The zero-order valence-corrected chi connectivity index (χ0v) is 15.9. The van der Waals surface area contributed by atoms with Gasteiger partial charge in [-0.05, 0) is 17.7 Å². The average Bonchev–Trinajstić information content (AvgIpc) is 2.60. The zero-order valence-electron chi connectivity index (χ0n) is 15.1. The molecule has 1 heterocycles. The molecule has 0 amide bonds. The van der Waals surface area contributed by atoms with Crippen molar-refractivity contribution in [1.82, 2.24) is 9.78 Å². The Morgan fingerprint density at radius 1 is 1.25 bits per heavy atom. The fourth-order valence-corrected chi connectivity index (χ4v) is 2.89. The van der Waals surface area contributed by atoms with Crippen LogP contribution < -0.4 is 10.3 Å². The van der Waals surface area contributed by atoms with Crippen LogP contribution in [0.3, 0.4) is 0 Å². The Labute approximate surface area is 159 Å². The molecular weight excluding hydrogens is 401 g/mol. The van der Waals surface area contributed by atoms with E-state index >= 15 is 0 Å². The molecule has 0 radical (unpaired) electrons. The normalized spacial score (nSPS) is 13.4. The lowest BCUT2D eigenvalue weighted by Gasteiger charge is -2.16. The molecule has 154 valence electrons. The first-order valence-corrected chi connectivity index (χ1v) is 10.0. The molecule has 11 heteroatoms. The highest BCUT2D eigenvalue weighted by atomic mass is 32.2. The van der Waals surface area contributed by atoms with Gasteiger partial charge in [-0.25, -0.2) is 13.1 Å². The maximum absolute atomic E-state index is 12.7. The summed E-state index contributed by atoms with van der Waals surface area (Å²) in [6, 6.07) is 5.44. The highest BCUT2D eigenvalue weighted by Crippen LogP contribution is 2.28. The van der Waals surface area contributed by atoms with E-state index in [0.717, 1.165) is 12.5 Å². The number of alkyl halides is 3. The number of ether oxygens (including phenoxy) is 1. The summed E-state index contributed by atoms with van der Waals surface area (Å²) in [4.78, 5) is 12.5. The molecule has 7 nitrogen and oxygen atoms in total. The van der Waals surface area contributed by atoms with E-state index < -0.39 is 28.1 Å². The molecule has 0 spiro atoms. The summed E-state index contributed by atoms with van der Waals surface area (Å²) in [7, 11) is -3.44. The maximum atomic E-state index is 12.7. The topological polar surface area (TPSA) is 98.5 Å². The van der Waals surface area contributed by atoms with E-state index in [0.29, 0.717) is 5.56 Å². The molecule has 0 saturated carbocycles. The lowest BCUT2D eigenvalue weighted by Crippen LogP contribution is -2.31. The lowest BCUT2D eigenvalue weighted by molar-refractivity contribution is -0.143. The Morgan fingerprint density at radius 3 is 2.36 bits per heavy atom. The molecule has 0 aliphatic heterocycles. The smallest absolute Gasteiger partial charge is 0.408 e. The molecule has 0 saturated heterocycles. The third-order valence-electron chi connectivity index (χ3n) is 3.75. The second-order valence-electron chi connectivity index (χ2n) is 6.36. The minimum absolute atomic E-state index is 0.0472. The lowest BCUT2D eigenvalue weighted by atomic mass is 10.1. The highest BCUT2D eigenvalue weighted by molar-refractivity contribution is 7.90. The number of hydrogen-bond acceptors (Lipinski definition) is 6. The second kappa shape index (κ2) is 8.31. The van der Waals surface area contributed by atoms with Crippen molar-refractivity contribution in [2.24, 2.45) is 5.92 Å². The number of halogens is 3. The van der Waals surface area contributed by atoms with Gasteiger partial charge in [0, 0.05) is 24.3 Å². The molecule has 1 N–H and O–H groups in total. The largest absolute Gasteiger partial charge is 0.487 e. The van der Waals surface area contributed by atoms with E-state index in [4.69, 9.17) is 9.84 Å². The van der Waals surface area contributed by atoms with Crippen molar-refractivity contribution in [3.63, 3.8) is 0 Å². The molecule has 2 rings (SSSR count). The number of hydrogen-bond donors (Lipinski definition) is 1. The first kappa shape index (κ1) is 21.9. The standard InChI is InChI=1S/C17H19F3N2O5S/c1-11(8-23)9-27-15-14(7-21-22(16(15)24)10-17(18,19)20)12-3-5-13(6-4-12)28(2,25)26/h3-7,11,23H,8-10H2,1-2H3. The van der Waals surface area contributed by atoms with E-state index in [-0.39, 0.29) is 40.0 Å². The molecule has 1 unspecified atom stereocenters. The van der Waals surface area contributed by atoms with E-state index in [1.54, 1.807) is 6.92 Å². The van der Waals surface area contributed by atoms with Crippen LogP contribution in [0.4, 0.5) is 13.2 Å². The Morgan fingerprint density at radius 2 is 1.86 bits per heavy atom. The summed E-state index contributed by atoms with van der Waals surface area (Å²) in [5, 5.41) is 12.7. The monoisotopic (exact) mass is 420 g/mol. The molecule has 1 atom stereocenters. The van der Waals surface area contributed by atoms with Gasteiger partial charge in [0.05, 0.1) is 17.7 Å². The third-order valence-corrected chi connectivity index (χ3v) is 4.87. The summed E-state index contributed by atoms with van der Waals surface area (Å²) in [6.45, 7) is -0.280. The van der Waals surface area contributed by atoms with Gasteiger partial charge < -0.3 is 9.84 Å². The number of rotatable bonds is 7. The van der Waals surface area contributed by atoms with Crippen LogP contribution in [0.15, 0.2) is 40.2 Å². The van der Waals surface area contributed by atoms with Crippen molar-refractivity contribution in [1.29, 1.82) is 0 Å². The van der Waals surface area contributed by atoms with Gasteiger partial charge in [-0.1, -0.05) is 19.1 Å². The third kappa shape index (κ3) is 5.55. The SMILES string of the molecule is CC(CO)COc1c(-c2ccc(S(C)(=O)=O)cc2)cnn(CC(F)(F)F)c1=O. The van der Waals surface area contributed by atoms with Gasteiger partial charge in [0.1, 0.15) is 6.54 Å². The Bertz CT molecular complexity index is 985. The van der Waals surface area contributed by atoms with Crippen molar-refractivity contribution in [3.8, 4) is 16.9 Å². The first-order chi connectivity index (χ1) is 12.9. The van der Waals surface area contributed by atoms with E-state index in [1.165, 1.54) is 24.3 Å². The number of aliphatic hydroxyl groups excluding tert-OH is 1. The van der Waals surface area contributed by atoms with Gasteiger partial charge in [-0.2, -0.15) is 18.3 Å². The minimum Gasteiger partial charge on any atom is -0.487 e. The van der Waals surface area contributed by atoms with Gasteiger partial charge in [0.25, 0.3) is 0 Å².